The summed E-state index contributed by atoms with van der Waals surface area (Å²) >= 11 is 0. The molecule has 3 heteroatoms. The van der Waals surface area contributed by atoms with E-state index >= 15 is 0 Å². The third-order valence-corrected chi connectivity index (χ3v) is 5.82. The molecule has 1 aliphatic rings. The lowest BCUT2D eigenvalue weighted by atomic mass is 9.77. The van der Waals surface area contributed by atoms with E-state index < -0.39 is 0 Å². The Morgan fingerprint density at radius 2 is 1.79 bits per heavy atom. The highest BCUT2D eigenvalue weighted by molar-refractivity contribution is 5.42. The Balaban J connectivity index is 3.01. The number of hydrogen-bond donors (Lipinski definition) is 3. The summed E-state index contributed by atoms with van der Waals surface area (Å²) in [4.78, 5) is 0. The first-order chi connectivity index (χ1) is 13.5. The number of likely N-dealkylation sites (N-methyl/N-ethyl adjacent to an activating group) is 1. The van der Waals surface area contributed by atoms with Crippen LogP contribution in [-0.4, -0.2) is 19.1 Å². The van der Waals surface area contributed by atoms with E-state index in [0.29, 0.717) is 18.0 Å². The smallest absolute Gasteiger partial charge is 0.0485 e. The molecule has 2 unspecified atom stereocenters. The lowest BCUT2D eigenvalue weighted by Gasteiger charge is -2.40. The van der Waals surface area contributed by atoms with Crippen molar-refractivity contribution in [3.05, 3.63) is 60.1 Å². The summed E-state index contributed by atoms with van der Waals surface area (Å²) in [7, 11) is 1.89. The Morgan fingerprint density at radius 1 is 1.17 bits per heavy atom. The molecule has 0 radical (unpaired) electrons. The molecular weight excluding hydrogens is 354 g/mol. The molecule has 0 saturated heterocycles. The second-order valence-corrected chi connectivity index (χ2v) is 9.67. The number of hydrogen-bond acceptors (Lipinski definition) is 3. The van der Waals surface area contributed by atoms with Crippen LogP contribution in [0.1, 0.15) is 73.6 Å². The fourth-order valence-corrected chi connectivity index (χ4v) is 3.97. The fourth-order valence-electron chi connectivity index (χ4n) is 3.97. The van der Waals surface area contributed by atoms with E-state index in [1.165, 1.54) is 30.5 Å². The second kappa shape index (κ2) is 11.3. The summed E-state index contributed by atoms with van der Waals surface area (Å²) in [5, 5.41) is 10.7. The predicted octanol–water partition coefficient (Wildman–Crippen LogP) is 6.20. The highest BCUT2D eigenvalue weighted by atomic mass is 15.0. The monoisotopic (exact) mass is 399 g/mol. The molecule has 1 aliphatic carbocycles. The predicted molar refractivity (Wildman–Crippen MR) is 130 cm³/mol. The molecule has 0 aliphatic heterocycles. The normalized spacial score (nSPS) is 18.1. The first kappa shape index (κ1) is 25.1. The average Bonchev–Trinajstić information content (AvgIpc) is 2.58. The maximum Gasteiger partial charge on any atom is 0.0485 e. The zero-order valence-corrected chi connectivity index (χ0v) is 20.0. The zero-order chi connectivity index (χ0) is 22.2. The molecule has 0 amide bonds. The minimum atomic E-state index is 0.246. The van der Waals surface area contributed by atoms with Crippen LogP contribution in [0.15, 0.2) is 60.1 Å². The highest BCUT2D eigenvalue weighted by Gasteiger charge is 2.32. The largest absolute Gasteiger partial charge is 0.388 e. The van der Waals surface area contributed by atoms with Gasteiger partial charge in [-0.05, 0) is 68.1 Å². The second-order valence-electron chi connectivity index (χ2n) is 9.67. The topological polar surface area (TPSA) is 36.1 Å². The molecule has 0 bridgehead atoms. The van der Waals surface area contributed by atoms with Crippen molar-refractivity contribution in [1.82, 2.24) is 16.0 Å². The Morgan fingerprint density at radius 3 is 2.21 bits per heavy atom. The van der Waals surface area contributed by atoms with Crippen molar-refractivity contribution < 1.29 is 0 Å². The molecule has 1 saturated carbocycles. The van der Waals surface area contributed by atoms with Gasteiger partial charge in [-0.1, -0.05) is 59.9 Å². The van der Waals surface area contributed by atoms with Gasteiger partial charge in [-0.15, -0.1) is 0 Å². The fraction of sp³-hybridized carbons (Fsp3) is 0.615. The summed E-state index contributed by atoms with van der Waals surface area (Å²) in [6.07, 6.45) is 9.95. The highest BCUT2D eigenvalue weighted by Crippen LogP contribution is 2.32. The van der Waals surface area contributed by atoms with Crippen molar-refractivity contribution in [3.8, 4) is 0 Å². The van der Waals surface area contributed by atoms with Gasteiger partial charge in [0, 0.05) is 36.2 Å². The molecule has 0 aromatic rings. The Kier molecular flexibility index (Phi) is 9.82. The molecule has 1 rings (SSSR count). The molecule has 3 nitrogen and oxygen atoms in total. The van der Waals surface area contributed by atoms with Crippen LogP contribution in [0.3, 0.4) is 0 Å². The van der Waals surface area contributed by atoms with Crippen molar-refractivity contribution in [2.24, 2.45) is 11.3 Å². The molecule has 29 heavy (non-hydrogen) atoms. The van der Waals surface area contributed by atoms with Gasteiger partial charge in [0.15, 0.2) is 0 Å². The summed E-state index contributed by atoms with van der Waals surface area (Å²) in [6.45, 7) is 25.8. The number of nitrogens with one attached hydrogen (secondary N) is 3. The molecule has 0 spiro atoms. The van der Waals surface area contributed by atoms with Gasteiger partial charge >= 0.3 is 0 Å². The van der Waals surface area contributed by atoms with Crippen molar-refractivity contribution in [3.63, 3.8) is 0 Å². The van der Waals surface area contributed by atoms with Gasteiger partial charge in [-0.3, -0.25) is 0 Å². The van der Waals surface area contributed by atoms with Crippen LogP contribution in [0.25, 0.3) is 0 Å². The lowest BCUT2D eigenvalue weighted by molar-refractivity contribution is 0.206. The van der Waals surface area contributed by atoms with E-state index in [4.69, 9.17) is 0 Å². The Hall–Kier alpha value is -1.90. The first-order valence-electron chi connectivity index (χ1n) is 11.1. The molecular formula is C26H45N3. The first-order valence-corrected chi connectivity index (χ1v) is 11.1. The number of allylic oxidation sites excluding steroid dienone is 5. The van der Waals surface area contributed by atoms with E-state index in [-0.39, 0.29) is 5.41 Å². The van der Waals surface area contributed by atoms with E-state index in [2.05, 4.69) is 83.3 Å². The van der Waals surface area contributed by atoms with Crippen molar-refractivity contribution in [1.29, 1.82) is 0 Å². The van der Waals surface area contributed by atoms with Crippen LogP contribution >= 0.6 is 0 Å². The molecule has 0 heterocycles. The summed E-state index contributed by atoms with van der Waals surface area (Å²) in [5.74, 6) is 0.711. The van der Waals surface area contributed by atoms with Gasteiger partial charge < -0.3 is 16.0 Å². The van der Waals surface area contributed by atoms with Gasteiger partial charge in [-0.25, -0.2) is 0 Å². The van der Waals surface area contributed by atoms with Gasteiger partial charge in [-0.2, -0.15) is 0 Å². The van der Waals surface area contributed by atoms with Gasteiger partial charge in [0.25, 0.3) is 0 Å². The maximum absolute atomic E-state index is 4.29. The Bertz CT molecular complexity index is 641. The molecule has 0 aromatic carbocycles. The number of rotatable bonds is 12. The Labute approximate surface area is 180 Å². The summed E-state index contributed by atoms with van der Waals surface area (Å²) < 4.78 is 0. The standard InChI is InChI=1S/C26H45N3/c1-11-22(19(4)27-10)16-23(12-2)20(5)29-25(24-14-13-15-24)21(6)28-18(3)17-26(7,8)9/h11,16,21,24-25,27-29H,1,3-4,12-15,17H2,2,5-10H3/b22-16-,23-20+. The molecule has 1 fully saturated rings. The molecule has 0 aromatic heterocycles. The van der Waals surface area contributed by atoms with Gasteiger partial charge in [0.05, 0.1) is 0 Å². The molecule has 164 valence electrons. The molecule has 3 N–H and O–H groups in total. The quantitative estimate of drug-likeness (QED) is 0.342. The van der Waals surface area contributed by atoms with E-state index in [1.807, 2.05) is 13.1 Å². The van der Waals surface area contributed by atoms with Crippen molar-refractivity contribution in [2.75, 3.05) is 7.05 Å². The van der Waals surface area contributed by atoms with E-state index in [9.17, 15) is 0 Å². The molecule has 2 atom stereocenters. The van der Waals surface area contributed by atoms with E-state index in [1.54, 1.807) is 0 Å². The van der Waals surface area contributed by atoms with Crippen LogP contribution < -0.4 is 16.0 Å². The van der Waals surface area contributed by atoms with Crippen molar-refractivity contribution in [2.45, 2.75) is 85.7 Å². The summed E-state index contributed by atoms with van der Waals surface area (Å²) in [6, 6.07) is 0.730. The van der Waals surface area contributed by atoms with Crippen molar-refractivity contribution >= 4 is 0 Å². The van der Waals surface area contributed by atoms with Crippen LogP contribution in [0.4, 0.5) is 0 Å². The van der Waals surface area contributed by atoms with Crippen LogP contribution in [0.2, 0.25) is 0 Å². The van der Waals surface area contributed by atoms with Crippen LogP contribution in [-0.2, 0) is 0 Å². The zero-order valence-electron chi connectivity index (χ0n) is 20.0. The van der Waals surface area contributed by atoms with Gasteiger partial charge in [0.1, 0.15) is 0 Å². The third-order valence-electron chi connectivity index (χ3n) is 5.82. The average molecular weight is 400 g/mol. The van der Waals surface area contributed by atoms with Crippen LogP contribution in [0.5, 0.6) is 0 Å². The minimum absolute atomic E-state index is 0.246. The third kappa shape index (κ3) is 8.16. The van der Waals surface area contributed by atoms with Crippen LogP contribution in [0, 0.1) is 11.3 Å². The van der Waals surface area contributed by atoms with Gasteiger partial charge in [0.2, 0.25) is 0 Å². The minimum Gasteiger partial charge on any atom is -0.388 e. The SMILES string of the molecule is C=C/C(=C/C(CC)=C(\C)NC(C1CCC1)C(C)NC(=C)CC(C)(C)C)C(=C)NC. The van der Waals surface area contributed by atoms with E-state index in [0.717, 1.165) is 29.8 Å². The maximum atomic E-state index is 4.29. The lowest BCUT2D eigenvalue weighted by Crippen LogP contribution is -2.51. The summed E-state index contributed by atoms with van der Waals surface area (Å²) in [5.41, 5.74) is 5.84.